The summed E-state index contributed by atoms with van der Waals surface area (Å²) >= 11 is 0. The third-order valence-electron chi connectivity index (χ3n) is 4.51. The van der Waals surface area contributed by atoms with Gasteiger partial charge >= 0.3 is 0 Å². The molecule has 1 amide bonds. The maximum Gasteiger partial charge on any atom is 0.253 e. The second-order valence-electron chi connectivity index (χ2n) is 6.27. The quantitative estimate of drug-likeness (QED) is 0.569. The molecule has 0 bridgehead atoms. The van der Waals surface area contributed by atoms with Crippen LogP contribution in [0.4, 0.5) is 0 Å². The van der Waals surface area contributed by atoms with Crippen molar-refractivity contribution in [1.82, 2.24) is 15.5 Å². The zero-order chi connectivity index (χ0) is 17.8. The van der Waals surface area contributed by atoms with E-state index in [1.165, 1.54) is 5.56 Å². The Morgan fingerprint density at radius 2 is 1.65 bits per heavy atom. The van der Waals surface area contributed by atoms with Gasteiger partial charge < -0.3 is 5.32 Å². The minimum atomic E-state index is -0.107. The Labute approximate surface area is 151 Å². The molecule has 4 heteroatoms. The van der Waals surface area contributed by atoms with Crippen LogP contribution in [0.15, 0.2) is 85.1 Å². The predicted octanol–water partition coefficient (Wildman–Crippen LogP) is 4.28. The molecule has 0 radical (unpaired) electrons. The molecule has 2 N–H and O–H groups in total. The number of H-pyrrole nitrogens is 1. The van der Waals surface area contributed by atoms with Crippen molar-refractivity contribution in [3.63, 3.8) is 0 Å². The number of carbonyl (C=O) groups excluding carboxylic acids is 1. The summed E-state index contributed by atoms with van der Waals surface area (Å²) < 4.78 is 0. The SMILES string of the molecule is O=C(NC(Cc1ccccc1)c1ccccc1)c1cccc2cn[nH]c12. The second-order valence-corrected chi connectivity index (χ2v) is 6.27. The Morgan fingerprint density at radius 3 is 2.42 bits per heavy atom. The number of carbonyl (C=O) groups is 1. The first kappa shape index (κ1) is 16.1. The fraction of sp³-hybridized carbons (Fsp3) is 0.0909. The number of para-hydroxylation sites is 1. The fourth-order valence-electron chi connectivity index (χ4n) is 3.18. The summed E-state index contributed by atoms with van der Waals surface area (Å²) in [5.41, 5.74) is 3.63. The summed E-state index contributed by atoms with van der Waals surface area (Å²) in [6.07, 6.45) is 2.46. The number of hydrogen-bond acceptors (Lipinski definition) is 2. The van der Waals surface area contributed by atoms with Crippen molar-refractivity contribution in [3.8, 4) is 0 Å². The molecular formula is C22H19N3O. The van der Waals surface area contributed by atoms with E-state index in [9.17, 15) is 4.79 Å². The number of aromatic amines is 1. The van der Waals surface area contributed by atoms with Gasteiger partial charge in [0, 0.05) is 5.39 Å². The van der Waals surface area contributed by atoms with E-state index in [0.29, 0.717) is 5.56 Å². The Bertz CT molecular complexity index is 1010. The molecule has 128 valence electrons. The lowest BCUT2D eigenvalue weighted by molar-refractivity contribution is 0.0938. The van der Waals surface area contributed by atoms with Crippen molar-refractivity contribution in [1.29, 1.82) is 0 Å². The molecule has 0 aliphatic rings. The van der Waals surface area contributed by atoms with Gasteiger partial charge in [0.25, 0.3) is 5.91 Å². The van der Waals surface area contributed by atoms with Crippen LogP contribution in [0.3, 0.4) is 0 Å². The number of nitrogens with zero attached hydrogens (tertiary/aromatic N) is 1. The summed E-state index contributed by atoms with van der Waals surface area (Å²) in [6, 6.07) is 25.8. The molecule has 1 heterocycles. The van der Waals surface area contributed by atoms with E-state index in [-0.39, 0.29) is 11.9 Å². The molecule has 0 fully saturated rings. The van der Waals surface area contributed by atoms with Gasteiger partial charge in [0.1, 0.15) is 0 Å². The average molecular weight is 341 g/mol. The van der Waals surface area contributed by atoms with Crippen molar-refractivity contribution in [2.45, 2.75) is 12.5 Å². The topological polar surface area (TPSA) is 57.8 Å². The highest BCUT2D eigenvalue weighted by Crippen LogP contribution is 2.21. The third kappa shape index (κ3) is 3.35. The normalized spacial score (nSPS) is 12.0. The molecule has 0 aliphatic heterocycles. The molecule has 0 saturated carbocycles. The van der Waals surface area contributed by atoms with Crippen molar-refractivity contribution in [2.24, 2.45) is 0 Å². The number of amides is 1. The number of rotatable bonds is 5. The van der Waals surface area contributed by atoms with Crippen molar-refractivity contribution in [3.05, 3.63) is 102 Å². The maximum absolute atomic E-state index is 13.0. The molecule has 4 nitrogen and oxygen atoms in total. The first-order valence-electron chi connectivity index (χ1n) is 8.63. The molecule has 1 atom stereocenters. The molecule has 0 aliphatic carbocycles. The summed E-state index contributed by atoms with van der Waals surface area (Å²) in [7, 11) is 0. The summed E-state index contributed by atoms with van der Waals surface area (Å²) in [5.74, 6) is -0.107. The summed E-state index contributed by atoms with van der Waals surface area (Å²) in [6.45, 7) is 0. The molecule has 4 rings (SSSR count). The molecule has 4 aromatic rings. The zero-order valence-corrected chi connectivity index (χ0v) is 14.2. The van der Waals surface area contributed by atoms with Gasteiger partial charge in [-0.25, -0.2) is 0 Å². The Balaban J connectivity index is 1.64. The fourth-order valence-corrected chi connectivity index (χ4v) is 3.18. The zero-order valence-electron chi connectivity index (χ0n) is 14.2. The van der Waals surface area contributed by atoms with E-state index in [2.05, 4.69) is 27.6 Å². The van der Waals surface area contributed by atoms with E-state index >= 15 is 0 Å². The number of nitrogens with one attached hydrogen (secondary N) is 2. The second kappa shape index (κ2) is 7.23. The lowest BCUT2D eigenvalue weighted by atomic mass is 9.98. The highest BCUT2D eigenvalue weighted by molar-refractivity contribution is 6.05. The monoisotopic (exact) mass is 341 g/mol. The Morgan fingerprint density at radius 1 is 0.923 bits per heavy atom. The van der Waals surface area contributed by atoms with Crippen molar-refractivity contribution >= 4 is 16.8 Å². The summed E-state index contributed by atoms with van der Waals surface area (Å²) in [5, 5.41) is 11.1. The smallest absolute Gasteiger partial charge is 0.253 e. The van der Waals surface area contributed by atoms with Gasteiger partial charge in [-0.05, 0) is 23.6 Å². The van der Waals surface area contributed by atoms with E-state index in [4.69, 9.17) is 0 Å². The Hall–Kier alpha value is -3.40. The minimum absolute atomic E-state index is 0.107. The molecule has 26 heavy (non-hydrogen) atoms. The molecule has 1 aromatic heterocycles. The lowest BCUT2D eigenvalue weighted by Crippen LogP contribution is -2.30. The van der Waals surface area contributed by atoms with E-state index < -0.39 is 0 Å². The largest absolute Gasteiger partial charge is 0.345 e. The van der Waals surface area contributed by atoms with Crippen molar-refractivity contribution < 1.29 is 4.79 Å². The van der Waals surface area contributed by atoms with Crippen molar-refractivity contribution in [2.75, 3.05) is 0 Å². The molecule has 0 spiro atoms. The van der Waals surface area contributed by atoms with Crippen LogP contribution in [0.5, 0.6) is 0 Å². The molecule has 0 saturated heterocycles. The van der Waals surface area contributed by atoms with Crippen LogP contribution in [0, 0.1) is 0 Å². The molecule has 1 unspecified atom stereocenters. The number of aromatic nitrogens is 2. The van der Waals surface area contributed by atoms with Gasteiger partial charge in [0.2, 0.25) is 0 Å². The van der Waals surface area contributed by atoms with Gasteiger partial charge in [-0.15, -0.1) is 0 Å². The minimum Gasteiger partial charge on any atom is -0.345 e. The predicted molar refractivity (Wildman–Crippen MR) is 103 cm³/mol. The number of hydrogen-bond donors (Lipinski definition) is 2. The van der Waals surface area contributed by atoms with Gasteiger partial charge in [-0.2, -0.15) is 5.10 Å². The first-order chi connectivity index (χ1) is 12.8. The highest BCUT2D eigenvalue weighted by Gasteiger charge is 2.18. The third-order valence-corrected chi connectivity index (χ3v) is 4.51. The lowest BCUT2D eigenvalue weighted by Gasteiger charge is -2.20. The maximum atomic E-state index is 13.0. The summed E-state index contributed by atoms with van der Waals surface area (Å²) in [4.78, 5) is 13.0. The van der Waals surface area contributed by atoms with Crippen LogP contribution in [0.1, 0.15) is 27.5 Å². The van der Waals surface area contributed by atoms with Gasteiger partial charge in [-0.3, -0.25) is 9.89 Å². The average Bonchev–Trinajstić information content (AvgIpc) is 3.18. The van der Waals surface area contributed by atoms with Crippen LogP contribution in [0.25, 0.3) is 10.9 Å². The molecular weight excluding hydrogens is 322 g/mol. The number of benzene rings is 3. The van der Waals surface area contributed by atoms with Gasteiger partial charge in [0.15, 0.2) is 0 Å². The standard InChI is InChI=1S/C22H19N3O/c26-22(19-13-7-12-18-15-23-25-21(18)19)24-20(17-10-5-2-6-11-17)14-16-8-3-1-4-9-16/h1-13,15,20H,14H2,(H,23,25)(H,24,26). The van der Waals surface area contributed by atoms with E-state index in [0.717, 1.165) is 22.9 Å². The van der Waals surface area contributed by atoms with Crippen LogP contribution in [-0.2, 0) is 6.42 Å². The highest BCUT2D eigenvalue weighted by atomic mass is 16.1. The Kier molecular flexibility index (Phi) is 4.48. The number of fused-ring (bicyclic) bond motifs is 1. The van der Waals surface area contributed by atoms with Gasteiger partial charge in [0.05, 0.1) is 23.3 Å². The van der Waals surface area contributed by atoms with E-state index in [1.807, 2.05) is 66.7 Å². The van der Waals surface area contributed by atoms with Crippen LogP contribution < -0.4 is 5.32 Å². The molecule has 3 aromatic carbocycles. The van der Waals surface area contributed by atoms with E-state index in [1.54, 1.807) is 6.20 Å². The van der Waals surface area contributed by atoms with Crippen LogP contribution in [-0.4, -0.2) is 16.1 Å². The first-order valence-corrected chi connectivity index (χ1v) is 8.63. The van der Waals surface area contributed by atoms with Crippen LogP contribution in [0.2, 0.25) is 0 Å². The van der Waals surface area contributed by atoms with Gasteiger partial charge in [-0.1, -0.05) is 72.8 Å². The van der Waals surface area contributed by atoms with Crippen LogP contribution >= 0.6 is 0 Å².